The second-order valence-electron chi connectivity index (χ2n) is 5.38. The van der Waals surface area contributed by atoms with Crippen LogP contribution < -0.4 is 10.9 Å². The van der Waals surface area contributed by atoms with E-state index in [4.69, 9.17) is 0 Å². The predicted molar refractivity (Wildman–Crippen MR) is 75.1 cm³/mol. The van der Waals surface area contributed by atoms with Gasteiger partial charge in [0, 0.05) is 17.8 Å². The molecule has 1 aliphatic rings. The molecule has 0 aliphatic heterocycles. The van der Waals surface area contributed by atoms with Gasteiger partial charge in [-0.2, -0.15) is 0 Å². The summed E-state index contributed by atoms with van der Waals surface area (Å²) in [6.45, 7) is 1.89. The molecule has 0 bridgehead atoms. The van der Waals surface area contributed by atoms with E-state index < -0.39 is 0 Å². The van der Waals surface area contributed by atoms with Crippen LogP contribution in [0.1, 0.15) is 44.1 Å². The lowest BCUT2D eigenvalue weighted by Crippen LogP contribution is -2.38. The molecule has 1 fully saturated rings. The van der Waals surface area contributed by atoms with Crippen molar-refractivity contribution < 1.29 is 4.79 Å². The van der Waals surface area contributed by atoms with Gasteiger partial charge < -0.3 is 9.88 Å². The van der Waals surface area contributed by atoms with E-state index in [1.807, 2.05) is 0 Å². The monoisotopic (exact) mass is 262 g/mol. The van der Waals surface area contributed by atoms with Crippen LogP contribution >= 0.6 is 0 Å². The Morgan fingerprint density at radius 1 is 1.32 bits per heavy atom. The first-order chi connectivity index (χ1) is 9.16. The van der Waals surface area contributed by atoms with Gasteiger partial charge in [0.15, 0.2) is 0 Å². The van der Waals surface area contributed by atoms with Gasteiger partial charge in [-0.15, -0.1) is 0 Å². The van der Waals surface area contributed by atoms with Crippen LogP contribution in [0, 0.1) is 6.92 Å². The summed E-state index contributed by atoms with van der Waals surface area (Å²) in [6.07, 6.45) is 8.71. The molecule has 1 N–H and O–H groups in total. The van der Waals surface area contributed by atoms with E-state index in [1.165, 1.54) is 30.3 Å². The summed E-state index contributed by atoms with van der Waals surface area (Å²) in [7, 11) is 0. The molecule has 2 rings (SSSR count). The highest BCUT2D eigenvalue weighted by molar-refractivity contribution is 5.76. The van der Waals surface area contributed by atoms with Crippen LogP contribution in [-0.2, 0) is 11.3 Å². The Labute approximate surface area is 113 Å². The van der Waals surface area contributed by atoms with Crippen molar-refractivity contribution in [1.29, 1.82) is 0 Å². The molecular formula is C15H22N2O2. The predicted octanol–water partition coefficient (Wildman–Crippen LogP) is 2.00. The molecule has 1 aromatic heterocycles. The van der Waals surface area contributed by atoms with Gasteiger partial charge in [-0.25, -0.2) is 0 Å². The molecule has 1 aliphatic carbocycles. The second kappa shape index (κ2) is 6.55. The highest BCUT2D eigenvalue weighted by atomic mass is 16.2. The Kier molecular flexibility index (Phi) is 4.77. The number of rotatable bonds is 3. The second-order valence-corrected chi connectivity index (χ2v) is 5.38. The van der Waals surface area contributed by atoms with Crippen LogP contribution in [0.2, 0.25) is 0 Å². The average Bonchev–Trinajstić information content (AvgIpc) is 2.63. The minimum absolute atomic E-state index is 0.0559. The number of amides is 1. The summed E-state index contributed by atoms with van der Waals surface area (Å²) in [5, 5.41) is 3.06. The number of aryl methyl sites for hydroxylation is 1. The molecule has 0 spiro atoms. The zero-order valence-corrected chi connectivity index (χ0v) is 11.5. The Balaban J connectivity index is 1.93. The molecular weight excluding hydrogens is 240 g/mol. The van der Waals surface area contributed by atoms with Crippen molar-refractivity contribution in [3.05, 3.63) is 34.2 Å². The normalized spacial score (nSPS) is 16.9. The third-order valence-electron chi connectivity index (χ3n) is 3.74. The molecule has 0 atom stereocenters. The lowest BCUT2D eigenvalue weighted by Gasteiger charge is -2.16. The average molecular weight is 262 g/mol. The van der Waals surface area contributed by atoms with Crippen LogP contribution in [-0.4, -0.2) is 16.5 Å². The molecule has 1 saturated carbocycles. The Morgan fingerprint density at radius 3 is 2.68 bits per heavy atom. The van der Waals surface area contributed by atoms with Crippen LogP contribution in [0.5, 0.6) is 0 Å². The third kappa shape index (κ3) is 3.94. The van der Waals surface area contributed by atoms with Crippen molar-refractivity contribution in [3.8, 4) is 0 Å². The smallest absolute Gasteiger partial charge is 0.253 e. The maximum atomic E-state index is 12.0. The van der Waals surface area contributed by atoms with Crippen LogP contribution in [0.15, 0.2) is 23.1 Å². The van der Waals surface area contributed by atoms with Crippen molar-refractivity contribution in [1.82, 2.24) is 9.88 Å². The molecule has 104 valence electrons. The summed E-state index contributed by atoms with van der Waals surface area (Å²) in [6, 6.07) is 3.85. The number of carbonyl (C=O) groups excluding carboxylic acids is 1. The Hall–Kier alpha value is -1.58. The van der Waals surface area contributed by atoms with E-state index in [9.17, 15) is 9.59 Å². The van der Waals surface area contributed by atoms with Crippen LogP contribution in [0.4, 0.5) is 0 Å². The molecule has 0 aromatic carbocycles. The lowest BCUT2D eigenvalue weighted by atomic mass is 10.1. The van der Waals surface area contributed by atoms with Gasteiger partial charge in [0.25, 0.3) is 5.56 Å². The van der Waals surface area contributed by atoms with E-state index in [0.717, 1.165) is 12.8 Å². The van der Waals surface area contributed by atoms with Crippen LogP contribution in [0.25, 0.3) is 0 Å². The van der Waals surface area contributed by atoms with E-state index in [0.29, 0.717) is 5.56 Å². The van der Waals surface area contributed by atoms with Crippen molar-refractivity contribution in [2.75, 3.05) is 0 Å². The summed E-state index contributed by atoms with van der Waals surface area (Å²) in [4.78, 5) is 23.8. The summed E-state index contributed by atoms with van der Waals surface area (Å²) in [5.41, 5.74) is 0.586. The largest absolute Gasteiger partial charge is 0.352 e. The van der Waals surface area contributed by atoms with Gasteiger partial charge in [0.1, 0.15) is 6.54 Å². The summed E-state index contributed by atoms with van der Waals surface area (Å²) in [5.74, 6) is -0.0559. The third-order valence-corrected chi connectivity index (χ3v) is 3.74. The first kappa shape index (κ1) is 13.8. The zero-order valence-electron chi connectivity index (χ0n) is 11.5. The van der Waals surface area contributed by atoms with Crippen molar-refractivity contribution in [2.24, 2.45) is 0 Å². The number of carbonyl (C=O) groups is 1. The quantitative estimate of drug-likeness (QED) is 0.847. The van der Waals surface area contributed by atoms with Gasteiger partial charge in [-0.3, -0.25) is 9.59 Å². The number of hydrogen-bond donors (Lipinski definition) is 1. The molecule has 1 aromatic rings. The first-order valence-electron chi connectivity index (χ1n) is 7.12. The van der Waals surface area contributed by atoms with Gasteiger partial charge in [0.05, 0.1) is 0 Å². The zero-order chi connectivity index (χ0) is 13.7. The fourth-order valence-corrected chi connectivity index (χ4v) is 2.63. The Morgan fingerprint density at radius 2 is 2.00 bits per heavy atom. The molecule has 4 heteroatoms. The molecule has 19 heavy (non-hydrogen) atoms. The number of hydrogen-bond acceptors (Lipinski definition) is 2. The Bertz CT molecular complexity index is 485. The van der Waals surface area contributed by atoms with Gasteiger partial charge in [-0.1, -0.05) is 31.7 Å². The molecule has 0 saturated heterocycles. The molecule has 0 radical (unpaired) electrons. The summed E-state index contributed by atoms with van der Waals surface area (Å²) >= 11 is 0. The lowest BCUT2D eigenvalue weighted by molar-refractivity contribution is -0.122. The van der Waals surface area contributed by atoms with E-state index in [1.54, 1.807) is 25.3 Å². The minimum atomic E-state index is -0.0847. The highest BCUT2D eigenvalue weighted by Gasteiger charge is 2.15. The highest BCUT2D eigenvalue weighted by Crippen LogP contribution is 2.17. The SMILES string of the molecule is Cc1cccn(CC(=O)NC2CCCCCC2)c1=O. The van der Waals surface area contributed by atoms with E-state index in [2.05, 4.69) is 5.32 Å². The van der Waals surface area contributed by atoms with Gasteiger partial charge >= 0.3 is 0 Å². The van der Waals surface area contributed by atoms with Crippen molar-refractivity contribution in [2.45, 2.75) is 58.0 Å². The topological polar surface area (TPSA) is 51.1 Å². The maximum absolute atomic E-state index is 12.0. The van der Waals surface area contributed by atoms with Crippen molar-refractivity contribution >= 4 is 5.91 Å². The maximum Gasteiger partial charge on any atom is 0.253 e. The molecule has 0 unspecified atom stereocenters. The fraction of sp³-hybridized carbons (Fsp3) is 0.600. The minimum Gasteiger partial charge on any atom is -0.352 e. The standard InChI is InChI=1S/C15H22N2O2/c1-12-7-6-10-17(15(12)19)11-14(18)16-13-8-4-2-3-5-9-13/h6-7,10,13H,2-5,8-9,11H2,1H3,(H,16,18). The van der Waals surface area contributed by atoms with Gasteiger partial charge in [-0.05, 0) is 25.8 Å². The molecule has 1 amide bonds. The fourth-order valence-electron chi connectivity index (χ4n) is 2.63. The van der Waals surface area contributed by atoms with Crippen molar-refractivity contribution in [3.63, 3.8) is 0 Å². The van der Waals surface area contributed by atoms with Crippen LogP contribution in [0.3, 0.4) is 0 Å². The van der Waals surface area contributed by atoms with E-state index >= 15 is 0 Å². The number of nitrogens with one attached hydrogen (secondary N) is 1. The number of nitrogens with zero attached hydrogens (tertiary/aromatic N) is 1. The molecule has 4 nitrogen and oxygen atoms in total. The van der Waals surface area contributed by atoms with Gasteiger partial charge in [0.2, 0.25) is 5.91 Å². The number of aromatic nitrogens is 1. The first-order valence-corrected chi connectivity index (χ1v) is 7.12. The molecule has 1 heterocycles. The van der Waals surface area contributed by atoms with E-state index in [-0.39, 0.29) is 24.1 Å². The summed E-state index contributed by atoms with van der Waals surface area (Å²) < 4.78 is 1.47. The number of pyridine rings is 1.